The van der Waals surface area contributed by atoms with Gasteiger partial charge in [-0.05, 0) is 60.0 Å². The third-order valence-corrected chi connectivity index (χ3v) is 4.38. The lowest BCUT2D eigenvalue weighted by molar-refractivity contribution is -0.137. The van der Waals surface area contributed by atoms with Gasteiger partial charge in [-0.25, -0.2) is 9.78 Å². The maximum Gasteiger partial charge on any atom is 0.495 e. The molecule has 2 rings (SSSR count). The predicted molar refractivity (Wildman–Crippen MR) is 94.8 cm³/mol. The molecule has 0 saturated carbocycles. The van der Waals surface area contributed by atoms with Crippen LogP contribution in [0.2, 0.25) is 0 Å². The van der Waals surface area contributed by atoms with E-state index in [1.807, 2.05) is 0 Å². The molecule has 6 nitrogen and oxygen atoms in total. The van der Waals surface area contributed by atoms with E-state index in [9.17, 15) is 18.0 Å². The van der Waals surface area contributed by atoms with Crippen LogP contribution in [0, 0.1) is 0 Å². The molecule has 150 valence electrons. The quantitative estimate of drug-likeness (QED) is 0.782. The minimum atomic E-state index is -4.66. The topological polar surface area (TPSA) is 69.7 Å². The van der Waals surface area contributed by atoms with Gasteiger partial charge >= 0.3 is 19.4 Å². The van der Waals surface area contributed by atoms with Crippen LogP contribution in [0.15, 0.2) is 12.3 Å². The van der Waals surface area contributed by atoms with Gasteiger partial charge in [-0.2, -0.15) is 13.2 Å². The molecule has 1 aromatic rings. The number of pyridine rings is 1. The van der Waals surface area contributed by atoms with Crippen LogP contribution in [-0.4, -0.2) is 35.0 Å². The first kappa shape index (κ1) is 21.5. The van der Waals surface area contributed by atoms with Crippen molar-refractivity contribution < 1.29 is 32.0 Å². The second-order valence-corrected chi connectivity index (χ2v) is 8.37. The summed E-state index contributed by atoms with van der Waals surface area (Å²) in [6.07, 6.45) is -4.83. The van der Waals surface area contributed by atoms with Crippen LogP contribution >= 0.6 is 0 Å². The molecule has 2 heterocycles. The van der Waals surface area contributed by atoms with E-state index in [0.29, 0.717) is 6.20 Å². The third kappa shape index (κ3) is 4.92. The fourth-order valence-corrected chi connectivity index (χ4v) is 2.35. The Bertz CT molecular complexity index is 714. The number of amides is 1. The van der Waals surface area contributed by atoms with E-state index in [4.69, 9.17) is 14.0 Å². The maximum atomic E-state index is 13.4. The highest BCUT2D eigenvalue weighted by molar-refractivity contribution is 6.62. The van der Waals surface area contributed by atoms with Crippen molar-refractivity contribution in [2.24, 2.45) is 0 Å². The monoisotopic (exact) mass is 388 g/mol. The SMILES string of the molecule is CC(C)(C)OC(=O)Nc1cc(B2OC(C)(C)C(C)(C)O2)c(C(F)(F)F)cn1. The zero-order valence-electron chi connectivity index (χ0n) is 16.4. The van der Waals surface area contributed by atoms with Crippen LogP contribution in [-0.2, 0) is 20.2 Å². The van der Waals surface area contributed by atoms with Gasteiger partial charge in [0.25, 0.3) is 0 Å². The van der Waals surface area contributed by atoms with E-state index in [0.717, 1.165) is 6.07 Å². The van der Waals surface area contributed by atoms with E-state index in [2.05, 4.69) is 10.3 Å². The van der Waals surface area contributed by atoms with E-state index < -0.39 is 41.8 Å². The molecule has 1 amide bonds. The molecule has 0 unspecified atom stereocenters. The first-order valence-corrected chi connectivity index (χ1v) is 8.45. The number of rotatable bonds is 2. The van der Waals surface area contributed by atoms with Crippen LogP contribution in [0.3, 0.4) is 0 Å². The van der Waals surface area contributed by atoms with Crippen molar-refractivity contribution in [3.05, 3.63) is 17.8 Å². The summed E-state index contributed by atoms with van der Waals surface area (Å²) in [4.78, 5) is 15.6. The number of carbonyl (C=O) groups excluding carboxylic acids is 1. The molecule has 1 aliphatic heterocycles. The normalized spacial score (nSPS) is 19.1. The average molecular weight is 388 g/mol. The maximum absolute atomic E-state index is 13.4. The highest BCUT2D eigenvalue weighted by atomic mass is 19.4. The molecule has 0 radical (unpaired) electrons. The summed E-state index contributed by atoms with van der Waals surface area (Å²) >= 11 is 0. The Balaban J connectivity index is 2.38. The Morgan fingerprint density at radius 1 is 1.15 bits per heavy atom. The zero-order valence-corrected chi connectivity index (χ0v) is 16.4. The van der Waals surface area contributed by atoms with Gasteiger partial charge in [0, 0.05) is 6.20 Å². The Labute approximate surface area is 156 Å². The summed E-state index contributed by atoms with van der Waals surface area (Å²) in [5, 5.41) is 2.33. The van der Waals surface area contributed by atoms with E-state index in [1.165, 1.54) is 0 Å². The largest absolute Gasteiger partial charge is 0.495 e. The smallest absolute Gasteiger partial charge is 0.444 e. The molecule has 1 aliphatic rings. The Morgan fingerprint density at radius 3 is 2.11 bits per heavy atom. The predicted octanol–water partition coefficient (Wildman–Crippen LogP) is 3.75. The van der Waals surface area contributed by atoms with Crippen molar-refractivity contribution in [2.75, 3.05) is 5.32 Å². The molecule has 0 atom stereocenters. The van der Waals surface area contributed by atoms with Gasteiger partial charge in [-0.3, -0.25) is 5.32 Å². The Morgan fingerprint density at radius 2 is 1.67 bits per heavy atom. The summed E-state index contributed by atoms with van der Waals surface area (Å²) < 4.78 is 56.9. The number of alkyl halides is 3. The first-order chi connectivity index (χ1) is 12.0. The molecule has 1 N–H and O–H groups in total. The van der Waals surface area contributed by atoms with Crippen molar-refractivity contribution in [3.8, 4) is 0 Å². The summed E-state index contributed by atoms with van der Waals surface area (Å²) in [5.74, 6) is -0.0954. The summed E-state index contributed by atoms with van der Waals surface area (Å²) in [6, 6.07) is 1.09. The van der Waals surface area contributed by atoms with Crippen molar-refractivity contribution in [3.63, 3.8) is 0 Å². The molecular weight excluding hydrogens is 364 g/mol. The third-order valence-electron chi connectivity index (χ3n) is 4.38. The summed E-state index contributed by atoms with van der Waals surface area (Å²) in [6.45, 7) is 12.0. The Kier molecular flexibility index (Phi) is 5.31. The highest BCUT2D eigenvalue weighted by Crippen LogP contribution is 2.38. The van der Waals surface area contributed by atoms with E-state index in [-0.39, 0.29) is 11.3 Å². The number of hydrogen-bond acceptors (Lipinski definition) is 5. The number of anilines is 1. The molecule has 27 heavy (non-hydrogen) atoms. The minimum absolute atomic E-state index is 0.0954. The summed E-state index contributed by atoms with van der Waals surface area (Å²) in [7, 11) is -1.26. The van der Waals surface area contributed by atoms with Gasteiger partial charge in [0.05, 0.1) is 16.8 Å². The summed E-state index contributed by atoms with van der Waals surface area (Å²) in [5.41, 5.74) is -3.65. The molecule has 0 aromatic carbocycles. The van der Waals surface area contributed by atoms with Gasteiger partial charge in [0.2, 0.25) is 0 Å². The Hall–Kier alpha value is -1.81. The molecule has 0 bridgehead atoms. The van der Waals surface area contributed by atoms with Crippen LogP contribution in [0.5, 0.6) is 0 Å². The molecule has 1 saturated heterocycles. The van der Waals surface area contributed by atoms with Crippen LogP contribution in [0.1, 0.15) is 54.0 Å². The molecule has 1 aromatic heterocycles. The van der Waals surface area contributed by atoms with Crippen molar-refractivity contribution >= 4 is 24.5 Å². The fourth-order valence-electron chi connectivity index (χ4n) is 2.35. The lowest BCUT2D eigenvalue weighted by atomic mass is 9.76. The van der Waals surface area contributed by atoms with Crippen molar-refractivity contribution in [1.82, 2.24) is 4.98 Å². The molecule has 10 heteroatoms. The average Bonchev–Trinajstić information content (AvgIpc) is 2.63. The number of hydrogen-bond donors (Lipinski definition) is 1. The number of halogens is 3. The zero-order chi connectivity index (χ0) is 20.8. The number of nitrogens with zero attached hydrogens (tertiary/aromatic N) is 1. The van der Waals surface area contributed by atoms with Crippen molar-refractivity contribution in [2.45, 2.75) is 71.4 Å². The number of aromatic nitrogens is 1. The van der Waals surface area contributed by atoms with Crippen LogP contribution in [0.25, 0.3) is 0 Å². The second-order valence-electron chi connectivity index (χ2n) is 8.37. The van der Waals surface area contributed by atoms with Gasteiger partial charge in [0.15, 0.2) is 0 Å². The highest BCUT2D eigenvalue weighted by Gasteiger charge is 2.53. The standard InChI is InChI=1S/C17H24BF3N2O4/c1-14(2,3)25-13(24)23-12-8-11(10(9-22-12)17(19,20)21)18-26-15(4,5)16(6,7)27-18/h8-9H,1-7H3,(H,22,23,24). The minimum Gasteiger partial charge on any atom is -0.444 e. The lowest BCUT2D eigenvalue weighted by Gasteiger charge is -2.32. The number of ether oxygens (including phenoxy) is 1. The molecule has 0 aliphatic carbocycles. The number of carbonyl (C=O) groups is 1. The first-order valence-electron chi connectivity index (χ1n) is 8.45. The van der Waals surface area contributed by atoms with E-state index >= 15 is 0 Å². The molecule has 0 spiro atoms. The van der Waals surface area contributed by atoms with Gasteiger partial charge in [-0.1, -0.05) is 0 Å². The van der Waals surface area contributed by atoms with Gasteiger partial charge < -0.3 is 14.0 Å². The van der Waals surface area contributed by atoms with Crippen LogP contribution < -0.4 is 10.8 Å². The van der Waals surface area contributed by atoms with Crippen molar-refractivity contribution in [1.29, 1.82) is 0 Å². The molecule has 1 fully saturated rings. The van der Waals surface area contributed by atoms with E-state index in [1.54, 1.807) is 48.5 Å². The number of nitrogens with one attached hydrogen (secondary N) is 1. The van der Waals surface area contributed by atoms with Crippen LogP contribution in [0.4, 0.5) is 23.8 Å². The molecular formula is C17H24BF3N2O4. The van der Waals surface area contributed by atoms with Gasteiger partial charge in [0.1, 0.15) is 11.4 Å². The lowest BCUT2D eigenvalue weighted by Crippen LogP contribution is -2.41. The second kappa shape index (κ2) is 6.66. The fraction of sp³-hybridized carbons (Fsp3) is 0.647. The van der Waals surface area contributed by atoms with Gasteiger partial charge in [-0.15, -0.1) is 0 Å².